The summed E-state index contributed by atoms with van der Waals surface area (Å²) >= 11 is 0. The number of nitrogens with one attached hydrogen (secondary N) is 1. The molecule has 0 aliphatic heterocycles. The van der Waals surface area contributed by atoms with E-state index < -0.39 is 11.8 Å². The molecular weight excluding hydrogens is 290 g/mol. The highest BCUT2D eigenvalue weighted by Gasteiger charge is 2.15. The van der Waals surface area contributed by atoms with Crippen LogP contribution in [0.3, 0.4) is 0 Å². The third kappa shape index (κ3) is 2.58. The fourth-order valence-corrected chi connectivity index (χ4v) is 2.16. The lowest BCUT2D eigenvalue weighted by Crippen LogP contribution is -2.00. The van der Waals surface area contributed by atoms with E-state index in [-0.39, 0.29) is 11.4 Å². The number of hydrogen-bond donors (Lipinski definition) is 2. The molecule has 1 heterocycles. The number of aromatic nitrogens is 2. The van der Waals surface area contributed by atoms with Crippen LogP contribution in [0.25, 0.3) is 22.5 Å². The van der Waals surface area contributed by atoms with Gasteiger partial charge in [0.05, 0.1) is 17.0 Å². The van der Waals surface area contributed by atoms with Crippen LogP contribution in [0, 0.1) is 11.6 Å². The maximum atomic E-state index is 13.2. The summed E-state index contributed by atoms with van der Waals surface area (Å²) < 4.78 is 26.1. The van der Waals surface area contributed by atoms with E-state index in [0.29, 0.717) is 22.5 Å². The molecule has 0 saturated carbocycles. The van der Waals surface area contributed by atoms with Crippen molar-refractivity contribution < 1.29 is 18.7 Å². The van der Waals surface area contributed by atoms with Gasteiger partial charge in [0.2, 0.25) is 0 Å². The number of aromatic amines is 1. The van der Waals surface area contributed by atoms with Gasteiger partial charge >= 0.3 is 5.97 Å². The maximum Gasteiger partial charge on any atom is 0.336 e. The first-order valence-corrected chi connectivity index (χ1v) is 6.39. The van der Waals surface area contributed by atoms with Crippen molar-refractivity contribution in [3.63, 3.8) is 0 Å². The van der Waals surface area contributed by atoms with E-state index in [9.17, 15) is 13.6 Å². The molecule has 0 bridgehead atoms. The highest BCUT2D eigenvalue weighted by Crippen LogP contribution is 2.27. The van der Waals surface area contributed by atoms with Crippen molar-refractivity contribution in [1.82, 2.24) is 10.2 Å². The Labute approximate surface area is 124 Å². The number of nitrogens with zero attached hydrogens (tertiary/aromatic N) is 1. The van der Waals surface area contributed by atoms with Crippen LogP contribution in [0.1, 0.15) is 10.4 Å². The van der Waals surface area contributed by atoms with Gasteiger partial charge in [0.15, 0.2) is 0 Å². The molecule has 22 heavy (non-hydrogen) atoms. The Bertz CT molecular complexity index is 842. The summed E-state index contributed by atoms with van der Waals surface area (Å²) in [5, 5.41) is 16.0. The molecule has 0 aliphatic rings. The molecule has 0 spiro atoms. The van der Waals surface area contributed by atoms with Crippen molar-refractivity contribution in [2.24, 2.45) is 0 Å². The van der Waals surface area contributed by atoms with Gasteiger partial charge in [-0.3, -0.25) is 5.10 Å². The van der Waals surface area contributed by atoms with Gasteiger partial charge in [0.25, 0.3) is 0 Å². The number of rotatable bonds is 3. The van der Waals surface area contributed by atoms with Gasteiger partial charge < -0.3 is 5.11 Å². The molecule has 6 heteroatoms. The molecule has 0 unspecified atom stereocenters. The lowest BCUT2D eigenvalue weighted by molar-refractivity contribution is 0.0697. The van der Waals surface area contributed by atoms with Crippen molar-refractivity contribution in [2.45, 2.75) is 0 Å². The summed E-state index contributed by atoms with van der Waals surface area (Å²) in [7, 11) is 0. The van der Waals surface area contributed by atoms with E-state index in [2.05, 4.69) is 10.2 Å². The fourth-order valence-electron chi connectivity index (χ4n) is 2.16. The van der Waals surface area contributed by atoms with Crippen LogP contribution in [-0.4, -0.2) is 21.3 Å². The smallest absolute Gasteiger partial charge is 0.336 e. The Balaban J connectivity index is 2.04. The summed E-state index contributed by atoms with van der Waals surface area (Å²) in [6.07, 6.45) is 0. The summed E-state index contributed by atoms with van der Waals surface area (Å²) in [5.41, 5.74) is 1.83. The monoisotopic (exact) mass is 300 g/mol. The quantitative estimate of drug-likeness (QED) is 0.774. The second kappa shape index (κ2) is 5.40. The molecule has 0 atom stereocenters. The SMILES string of the molecule is O=C(O)c1cc(F)ccc1-c1cc(-c2ccc(F)cc2)n[nH]1. The lowest BCUT2D eigenvalue weighted by atomic mass is 10.0. The molecule has 1 aromatic heterocycles. The fraction of sp³-hybridized carbons (Fsp3) is 0. The number of carboxylic acid groups (broad SMARTS) is 1. The standard InChI is InChI=1S/C16H10F2N2O2/c17-10-3-1-9(2-4-10)14-8-15(20-19-14)12-6-5-11(18)7-13(12)16(21)22/h1-8H,(H,19,20)(H,21,22). The minimum absolute atomic E-state index is 0.158. The van der Waals surface area contributed by atoms with Gasteiger partial charge in [0, 0.05) is 11.1 Å². The molecule has 0 fully saturated rings. The minimum Gasteiger partial charge on any atom is -0.478 e. The normalized spacial score (nSPS) is 10.6. The zero-order chi connectivity index (χ0) is 15.7. The third-order valence-corrected chi connectivity index (χ3v) is 3.22. The molecule has 3 aromatic rings. The summed E-state index contributed by atoms with van der Waals surface area (Å²) in [6.45, 7) is 0. The number of H-pyrrole nitrogens is 1. The summed E-state index contributed by atoms with van der Waals surface area (Å²) in [6, 6.07) is 10.9. The molecule has 0 amide bonds. The zero-order valence-corrected chi connectivity index (χ0v) is 11.2. The molecule has 4 nitrogen and oxygen atoms in total. The van der Waals surface area contributed by atoms with Gasteiger partial charge in [-0.05, 0) is 48.5 Å². The second-order valence-electron chi connectivity index (χ2n) is 4.67. The highest BCUT2D eigenvalue weighted by atomic mass is 19.1. The summed E-state index contributed by atoms with van der Waals surface area (Å²) in [4.78, 5) is 11.2. The Kier molecular flexibility index (Phi) is 3.42. The van der Waals surface area contributed by atoms with E-state index in [0.717, 1.165) is 6.07 Å². The predicted molar refractivity (Wildman–Crippen MR) is 76.3 cm³/mol. The van der Waals surface area contributed by atoms with Crippen molar-refractivity contribution in [1.29, 1.82) is 0 Å². The van der Waals surface area contributed by atoms with Crippen LogP contribution < -0.4 is 0 Å². The van der Waals surface area contributed by atoms with Crippen LogP contribution in [0.5, 0.6) is 0 Å². The Morgan fingerprint density at radius 3 is 2.36 bits per heavy atom. The largest absolute Gasteiger partial charge is 0.478 e. The number of benzene rings is 2. The average Bonchev–Trinajstić information content (AvgIpc) is 2.97. The van der Waals surface area contributed by atoms with E-state index in [1.165, 1.54) is 24.3 Å². The second-order valence-corrected chi connectivity index (χ2v) is 4.67. The first kappa shape index (κ1) is 13.9. The number of carboxylic acids is 1. The third-order valence-electron chi connectivity index (χ3n) is 3.22. The molecular formula is C16H10F2N2O2. The Morgan fingerprint density at radius 2 is 1.68 bits per heavy atom. The number of halogens is 2. The van der Waals surface area contributed by atoms with Crippen LogP contribution >= 0.6 is 0 Å². The van der Waals surface area contributed by atoms with Gasteiger partial charge in [-0.1, -0.05) is 0 Å². The molecule has 110 valence electrons. The maximum absolute atomic E-state index is 13.2. The van der Waals surface area contributed by atoms with Crippen molar-refractivity contribution in [2.75, 3.05) is 0 Å². The lowest BCUT2D eigenvalue weighted by Gasteiger charge is -2.03. The van der Waals surface area contributed by atoms with Crippen LogP contribution in [0.2, 0.25) is 0 Å². The number of aromatic carboxylic acids is 1. The van der Waals surface area contributed by atoms with Crippen molar-refractivity contribution in [3.05, 3.63) is 65.7 Å². The van der Waals surface area contributed by atoms with Gasteiger partial charge in [0.1, 0.15) is 11.6 Å². The van der Waals surface area contributed by atoms with E-state index in [1.54, 1.807) is 18.2 Å². The summed E-state index contributed by atoms with van der Waals surface area (Å²) in [5.74, 6) is -2.21. The van der Waals surface area contributed by atoms with Gasteiger partial charge in [-0.25, -0.2) is 13.6 Å². The average molecular weight is 300 g/mol. The number of carbonyl (C=O) groups is 1. The molecule has 0 radical (unpaired) electrons. The molecule has 0 saturated heterocycles. The molecule has 2 N–H and O–H groups in total. The highest BCUT2D eigenvalue weighted by molar-refractivity contribution is 5.95. The van der Waals surface area contributed by atoms with Crippen molar-refractivity contribution in [3.8, 4) is 22.5 Å². The topological polar surface area (TPSA) is 66.0 Å². The Hall–Kier alpha value is -3.02. The zero-order valence-electron chi connectivity index (χ0n) is 11.2. The molecule has 2 aromatic carbocycles. The van der Waals surface area contributed by atoms with Gasteiger partial charge in [-0.15, -0.1) is 0 Å². The first-order valence-electron chi connectivity index (χ1n) is 6.39. The van der Waals surface area contributed by atoms with Crippen LogP contribution in [0.15, 0.2) is 48.5 Å². The predicted octanol–water partition coefficient (Wildman–Crippen LogP) is 3.72. The first-order chi connectivity index (χ1) is 10.5. The van der Waals surface area contributed by atoms with E-state index in [4.69, 9.17) is 5.11 Å². The van der Waals surface area contributed by atoms with E-state index in [1.807, 2.05) is 0 Å². The van der Waals surface area contributed by atoms with E-state index >= 15 is 0 Å². The Morgan fingerprint density at radius 1 is 1.00 bits per heavy atom. The molecule has 0 aliphatic carbocycles. The molecule has 3 rings (SSSR count). The van der Waals surface area contributed by atoms with Crippen LogP contribution in [-0.2, 0) is 0 Å². The minimum atomic E-state index is -1.23. The van der Waals surface area contributed by atoms with Crippen LogP contribution in [0.4, 0.5) is 8.78 Å². The van der Waals surface area contributed by atoms with Crippen molar-refractivity contribution >= 4 is 5.97 Å². The van der Waals surface area contributed by atoms with Gasteiger partial charge in [-0.2, -0.15) is 5.10 Å². The number of hydrogen-bond acceptors (Lipinski definition) is 2.